The highest BCUT2D eigenvalue weighted by molar-refractivity contribution is 5.98. The number of methoxy groups -OCH3 is 1. The van der Waals surface area contributed by atoms with Gasteiger partial charge >= 0.3 is 6.09 Å². The molecule has 6 atom stereocenters. The maximum Gasteiger partial charge on any atom is 0.405 e. The molecule has 2 aliphatic heterocycles. The van der Waals surface area contributed by atoms with Crippen LogP contribution in [0.1, 0.15) is 45.1 Å². The number of aliphatic hydroxyl groups is 2. The maximum absolute atomic E-state index is 14.1. The summed E-state index contributed by atoms with van der Waals surface area (Å²) in [6, 6.07) is 3.07. The first-order valence-corrected chi connectivity index (χ1v) is 13.5. The highest BCUT2D eigenvalue weighted by Crippen LogP contribution is 2.36. The number of rotatable bonds is 11. The summed E-state index contributed by atoms with van der Waals surface area (Å²) in [6.07, 6.45) is -2.66. The second-order valence-electron chi connectivity index (χ2n) is 10.6. The van der Waals surface area contributed by atoms with Gasteiger partial charge in [0.25, 0.3) is 0 Å². The average molecular weight is 578 g/mol. The van der Waals surface area contributed by atoms with Crippen LogP contribution in [0.25, 0.3) is 0 Å². The van der Waals surface area contributed by atoms with Crippen molar-refractivity contribution in [2.24, 2.45) is 5.73 Å². The number of carbonyl (C=O) groups is 5. The molecule has 1 aromatic carbocycles. The quantitative estimate of drug-likeness (QED) is 0.189. The van der Waals surface area contributed by atoms with Crippen molar-refractivity contribution >= 4 is 29.7 Å². The van der Waals surface area contributed by atoms with Gasteiger partial charge in [-0.05, 0) is 57.2 Å². The Kier molecular flexibility index (Phi) is 10.2. The number of primary amides is 1. The summed E-state index contributed by atoms with van der Waals surface area (Å²) in [5, 5.41) is 33.9. The van der Waals surface area contributed by atoms with E-state index in [2.05, 4.69) is 5.32 Å². The van der Waals surface area contributed by atoms with E-state index in [1.54, 1.807) is 24.3 Å². The van der Waals surface area contributed by atoms with E-state index in [9.17, 15) is 34.2 Å². The third-order valence-corrected chi connectivity index (χ3v) is 7.76. The number of carbonyl (C=O) groups excluding carboxylic acids is 4. The topological polar surface area (TPSA) is 212 Å². The molecule has 0 bridgehead atoms. The van der Waals surface area contributed by atoms with E-state index < -0.39 is 65.6 Å². The van der Waals surface area contributed by atoms with Crippen LogP contribution < -0.4 is 21.1 Å². The number of hydrogen-bond acceptors (Lipinski definition) is 8. The number of nitrogens with zero attached hydrogens (tertiary/aromatic N) is 2. The van der Waals surface area contributed by atoms with Gasteiger partial charge < -0.3 is 46.2 Å². The van der Waals surface area contributed by atoms with Gasteiger partial charge in [0.1, 0.15) is 29.4 Å². The zero-order valence-electron chi connectivity index (χ0n) is 23.4. The lowest BCUT2D eigenvalue weighted by Gasteiger charge is -2.41. The third-order valence-electron chi connectivity index (χ3n) is 7.76. The van der Waals surface area contributed by atoms with Crippen molar-refractivity contribution in [3.05, 3.63) is 29.8 Å². The molecule has 0 aromatic heterocycles. The highest BCUT2D eigenvalue weighted by Gasteiger charge is 2.53. The molecule has 3 rings (SSSR count). The number of ether oxygens (including phenoxy) is 1. The molecule has 0 radical (unpaired) electrons. The summed E-state index contributed by atoms with van der Waals surface area (Å²) >= 11 is 0. The Balaban J connectivity index is 1.98. The molecule has 0 saturated carbocycles. The lowest BCUT2D eigenvalue weighted by Crippen LogP contribution is -2.65. The molecule has 14 nitrogen and oxygen atoms in total. The van der Waals surface area contributed by atoms with E-state index >= 15 is 0 Å². The van der Waals surface area contributed by atoms with Crippen LogP contribution in [0.3, 0.4) is 0 Å². The molecular formula is C27H39N5O9. The first-order chi connectivity index (χ1) is 19.3. The number of hydrogen-bond donors (Lipinski definition) is 6. The minimum atomic E-state index is -1.50. The molecular weight excluding hydrogens is 538 g/mol. The molecule has 5 amide bonds. The minimum absolute atomic E-state index is 0.0669. The molecule has 14 heteroatoms. The summed E-state index contributed by atoms with van der Waals surface area (Å²) in [6.45, 7) is 2.93. The molecule has 41 heavy (non-hydrogen) atoms. The molecule has 7 N–H and O–H groups in total. The van der Waals surface area contributed by atoms with Gasteiger partial charge in [0, 0.05) is 19.5 Å². The Morgan fingerprint density at radius 1 is 1.02 bits per heavy atom. The number of nitrogens with one attached hydrogen (secondary N) is 2. The first kappa shape index (κ1) is 31.6. The zero-order valence-corrected chi connectivity index (χ0v) is 23.4. The Morgan fingerprint density at radius 2 is 1.66 bits per heavy atom. The Hall–Kier alpha value is -3.91. The predicted octanol–water partition coefficient (Wildman–Crippen LogP) is -1.04. The fourth-order valence-electron chi connectivity index (χ4n) is 5.65. The van der Waals surface area contributed by atoms with Crippen LogP contribution in [0.4, 0.5) is 4.79 Å². The van der Waals surface area contributed by atoms with Gasteiger partial charge in [-0.2, -0.15) is 0 Å². The van der Waals surface area contributed by atoms with Gasteiger partial charge in [-0.1, -0.05) is 12.1 Å². The summed E-state index contributed by atoms with van der Waals surface area (Å²) in [5.41, 5.74) is 4.65. The number of amides is 5. The second kappa shape index (κ2) is 13.2. The largest absolute Gasteiger partial charge is 0.497 e. The van der Waals surface area contributed by atoms with Crippen molar-refractivity contribution in [3.63, 3.8) is 0 Å². The van der Waals surface area contributed by atoms with E-state index in [0.717, 1.165) is 0 Å². The molecule has 2 heterocycles. The fourth-order valence-corrected chi connectivity index (χ4v) is 5.65. The van der Waals surface area contributed by atoms with Gasteiger partial charge in [0.15, 0.2) is 0 Å². The summed E-state index contributed by atoms with van der Waals surface area (Å²) in [7, 11) is 1.52. The lowest BCUT2D eigenvalue weighted by atomic mass is 9.86. The average Bonchev–Trinajstić information content (AvgIpc) is 3.57. The summed E-state index contributed by atoms with van der Waals surface area (Å²) in [4.78, 5) is 67.3. The summed E-state index contributed by atoms with van der Waals surface area (Å²) in [5.74, 6) is -2.27. The Bertz CT molecular complexity index is 1140. The van der Waals surface area contributed by atoms with Gasteiger partial charge in [0.05, 0.1) is 19.3 Å². The van der Waals surface area contributed by atoms with Crippen LogP contribution in [-0.2, 0) is 25.6 Å². The third kappa shape index (κ3) is 6.88. The maximum atomic E-state index is 14.1. The van der Waals surface area contributed by atoms with Gasteiger partial charge in [-0.3, -0.25) is 19.2 Å². The second-order valence-corrected chi connectivity index (χ2v) is 10.6. The van der Waals surface area contributed by atoms with E-state index in [1.165, 1.54) is 30.8 Å². The number of nitrogens with two attached hydrogens (primary N) is 1. The van der Waals surface area contributed by atoms with Crippen LogP contribution in [0.2, 0.25) is 0 Å². The van der Waals surface area contributed by atoms with Crippen LogP contribution in [0, 0.1) is 0 Å². The molecule has 5 unspecified atom stereocenters. The number of likely N-dealkylation sites (tertiary alicyclic amines) is 2. The van der Waals surface area contributed by atoms with E-state index in [-0.39, 0.29) is 32.4 Å². The van der Waals surface area contributed by atoms with Gasteiger partial charge in [-0.25, -0.2) is 4.79 Å². The predicted molar refractivity (Wildman–Crippen MR) is 145 cm³/mol. The smallest absolute Gasteiger partial charge is 0.405 e. The zero-order chi connectivity index (χ0) is 30.5. The van der Waals surface area contributed by atoms with E-state index in [1.807, 2.05) is 5.32 Å². The Morgan fingerprint density at radius 3 is 2.20 bits per heavy atom. The van der Waals surface area contributed by atoms with Crippen molar-refractivity contribution in [1.29, 1.82) is 0 Å². The number of benzene rings is 1. The molecule has 2 saturated heterocycles. The Labute approximate surface area is 237 Å². The first-order valence-electron chi connectivity index (χ1n) is 13.5. The van der Waals surface area contributed by atoms with Gasteiger partial charge in [-0.15, -0.1) is 0 Å². The van der Waals surface area contributed by atoms with Crippen molar-refractivity contribution in [1.82, 2.24) is 20.4 Å². The molecule has 2 aliphatic rings. The van der Waals surface area contributed by atoms with E-state index in [0.29, 0.717) is 24.2 Å². The standard InChI is InChI=1S/C27H39N5O9/c1-15(33)20(22(28)35)29-25(38)27(14-17-7-9-18(41-3)10-8-17)11-5-13-32(27)23(36)19-6-4-12-31(19)24(37)21(16(2)34)30-26(39)40/h7-10,15-16,19-21,30,33-34H,4-6,11-14H2,1-3H3,(H2,28,35)(H,29,38)(H,39,40)/t15?,16?,19-,20?,21?,27?/m0/s1. The van der Waals surface area contributed by atoms with Crippen molar-refractivity contribution in [2.75, 3.05) is 20.2 Å². The highest BCUT2D eigenvalue weighted by atomic mass is 16.5. The van der Waals surface area contributed by atoms with Crippen LogP contribution in [0.15, 0.2) is 24.3 Å². The molecule has 0 aliphatic carbocycles. The summed E-state index contributed by atoms with van der Waals surface area (Å²) < 4.78 is 5.22. The molecule has 1 aromatic rings. The van der Waals surface area contributed by atoms with Crippen LogP contribution in [0.5, 0.6) is 5.75 Å². The number of aliphatic hydroxyl groups excluding tert-OH is 2. The normalized spacial score (nSPS) is 23.3. The van der Waals surface area contributed by atoms with Crippen LogP contribution in [-0.4, -0.2) is 111 Å². The number of carboxylic acid groups (broad SMARTS) is 1. The molecule has 226 valence electrons. The fraction of sp³-hybridized carbons (Fsp3) is 0.593. The van der Waals surface area contributed by atoms with Crippen molar-refractivity contribution in [3.8, 4) is 5.75 Å². The monoisotopic (exact) mass is 577 g/mol. The lowest BCUT2D eigenvalue weighted by molar-refractivity contribution is -0.153. The van der Waals surface area contributed by atoms with Crippen LogP contribution >= 0.6 is 0 Å². The van der Waals surface area contributed by atoms with Crippen molar-refractivity contribution in [2.45, 2.75) is 81.8 Å². The molecule has 2 fully saturated rings. The SMILES string of the molecule is COc1ccc(CC2(C(=O)NC(C(N)=O)C(C)O)CCCN2C(=O)[C@@H]2CCCN2C(=O)C(NC(=O)O)C(C)O)cc1. The molecule has 0 spiro atoms. The van der Waals surface area contributed by atoms with Gasteiger partial charge in [0.2, 0.25) is 23.6 Å². The minimum Gasteiger partial charge on any atom is -0.497 e. The van der Waals surface area contributed by atoms with E-state index in [4.69, 9.17) is 15.6 Å². The van der Waals surface area contributed by atoms with Crippen molar-refractivity contribution < 1.29 is 44.0 Å².